The number of aryl methyl sites for hydroxylation is 1. The fourth-order valence-corrected chi connectivity index (χ4v) is 2.26. The van der Waals surface area contributed by atoms with Crippen LogP contribution in [0.1, 0.15) is 11.1 Å². The molecule has 0 aliphatic heterocycles. The van der Waals surface area contributed by atoms with Gasteiger partial charge in [0.25, 0.3) is 0 Å². The predicted octanol–water partition coefficient (Wildman–Crippen LogP) is 3.58. The van der Waals surface area contributed by atoms with Crippen LogP contribution in [0.15, 0.2) is 60.2 Å². The van der Waals surface area contributed by atoms with Gasteiger partial charge >= 0.3 is 0 Å². The first-order valence-electron chi connectivity index (χ1n) is 7.71. The second-order valence-electron chi connectivity index (χ2n) is 5.28. The predicted molar refractivity (Wildman–Crippen MR) is 96.6 cm³/mol. The Bertz CT molecular complexity index is 833. The maximum absolute atomic E-state index is 6.06. The maximum atomic E-state index is 6.06. The molecule has 0 N–H and O–H groups in total. The molecule has 0 saturated carbocycles. The van der Waals surface area contributed by atoms with Gasteiger partial charge in [-0.2, -0.15) is 5.10 Å². The maximum Gasteiger partial charge on any atom is 0.141 e. The molecule has 0 bridgehead atoms. The van der Waals surface area contributed by atoms with E-state index in [1.807, 2.05) is 37.3 Å². The van der Waals surface area contributed by atoms with E-state index >= 15 is 0 Å². The van der Waals surface area contributed by atoms with Crippen molar-refractivity contribution < 1.29 is 9.47 Å². The summed E-state index contributed by atoms with van der Waals surface area (Å²) < 4.78 is 12.9. The Balaban J connectivity index is 1.59. The molecule has 0 atom stereocenters. The van der Waals surface area contributed by atoms with Crippen LogP contribution in [0.2, 0.25) is 5.02 Å². The van der Waals surface area contributed by atoms with Crippen molar-refractivity contribution in [3.8, 4) is 11.5 Å². The Hall–Kier alpha value is -2.86. The minimum Gasteiger partial charge on any atom is -0.490 e. The molecule has 25 heavy (non-hydrogen) atoms. The summed E-state index contributed by atoms with van der Waals surface area (Å²) in [4.78, 5) is 0. The summed E-state index contributed by atoms with van der Waals surface area (Å²) in [5.41, 5.74) is 1.96. The van der Waals surface area contributed by atoms with Crippen molar-refractivity contribution in [2.75, 3.05) is 13.2 Å². The van der Waals surface area contributed by atoms with Gasteiger partial charge in [-0.05, 0) is 37.3 Å². The molecular formula is C18H17ClN4O2. The molecule has 6 nitrogen and oxygen atoms in total. The van der Waals surface area contributed by atoms with Crippen LogP contribution in [0, 0.1) is 6.92 Å². The Morgan fingerprint density at radius 3 is 2.52 bits per heavy atom. The van der Waals surface area contributed by atoms with E-state index in [0.29, 0.717) is 24.0 Å². The molecule has 1 heterocycles. The molecule has 0 radical (unpaired) electrons. The molecule has 0 spiro atoms. The van der Waals surface area contributed by atoms with Crippen molar-refractivity contribution >= 4 is 17.8 Å². The van der Waals surface area contributed by atoms with Gasteiger partial charge in [-0.15, -0.1) is 10.2 Å². The SMILES string of the molecule is Cc1ccc(OCCOc2ccc(Cl)cc2C=Nn2cnnc2)cc1. The largest absolute Gasteiger partial charge is 0.490 e. The summed E-state index contributed by atoms with van der Waals surface area (Å²) in [6.45, 7) is 2.88. The van der Waals surface area contributed by atoms with Crippen LogP contribution >= 0.6 is 11.6 Å². The summed E-state index contributed by atoms with van der Waals surface area (Å²) in [5, 5.41) is 12.2. The second kappa shape index (κ2) is 8.30. The van der Waals surface area contributed by atoms with Crippen LogP contribution < -0.4 is 9.47 Å². The van der Waals surface area contributed by atoms with Gasteiger partial charge in [-0.3, -0.25) is 0 Å². The van der Waals surface area contributed by atoms with Crippen molar-refractivity contribution in [3.63, 3.8) is 0 Å². The molecule has 0 unspecified atom stereocenters. The number of nitrogens with zero attached hydrogens (tertiary/aromatic N) is 4. The monoisotopic (exact) mass is 356 g/mol. The van der Waals surface area contributed by atoms with E-state index in [2.05, 4.69) is 15.3 Å². The highest BCUT2D eigenvalue weighted by Crippen LogP contribution is 2.21. The lowest BCUT2D eigenvalue weighted by Gasteiger charge is -2.11. The second-order valence-corrected chi connectivity index (χ2v) is 5.72. The Kier molecular flexibility index (Phi) is 5.64. The summed E-state index contributed by atoms with van der Waals surface area (Å²) >= 11 is 6.06. The minimum atomic E-state index is 0.406. The Labute approximate surface area is 150 Å². The molecular weight excluding hydrogens is 340 g/mol. The van der Waals surface area contributed by atoms with Gasteiger partial charge in [0.15, 0.2) is 0 Å². The van der Waals surface area contributed by atoms with Gasteiger partial charge in [-0.1, -0.05) is 29.3 Å². The minimum absolute atomic E-state index is 0.406. The molecule has 0 fully saturated rings. The Morgan fingerprint density at radius 2 is 1.76 bits per heavy atom. The lowest BCUT2D eigenvalue weighted by molar-refractivity contribution is 0.217. The fraction of sp³-hybridized carbons (Fsp3) is 0.167. The molecule has 0 aliphatic rings. The summed E-state index contributed by atoms with van der Waals surface area (Å²) in [5.74, 6) is 1.49. The number of halogens is 1. The van der Waals surface area contributed by atoms with Crippen LogP contribution in [0.4, 0.5) is 0 Å². The quantitative estimate of drug-likeness (QED) is 0.479. The van der Waals surface area contributed by atoms with Crippen molar-refractivity contribution in [1.82, 2.24) is 14.9 Å². The van der Waals surface area contributed by atoms with Gasteiger partial charge in [0.2, 0.25) is 0 Å². The molecule has 3 aromatic rings. The van der Waals surface area contributed by atoms with E-state index in [0.717, 1.165) is 11.3 Å². The number of hydrogen-bond acceptors (Lipinski definition) is 5. The highest BCUT2D eigenvalue weighted by Gasteiger charge is 2.04. The van der Waals surface area contributed by atoms with Gasteiger partial charge in [0.1, 0.15) is 37.4 Å². The van der Waals surface area contributed by atoms with E-state index in [4.69, 9.17) is 21.1 Å². The third-order valence-electron chi connectivity index (χ3n) is 3.34. The van der Waals surface area contributed by atoms with Crippen molar-refractivity contribution in [2.45, 2.75) is 6.92 Å². The molecule has 128 valence electrons. The van der Waals surface area contributed by atoms with E-state index in [1.165, 1.54) is 22.9 Å². The summed E-state index contributed by atoms with van der Waals surface area (Å²) in [6.07, 6.45) is 4.64. The summed E-state index contributed by atoms with van der Waals surface area (Å²) in [7, 11) is 0. The molecule has 1 aromatic heterocycles. The third kappa shape index (κ3) is 5.06. The normalized spacial score (nSPS) is 11.0. The van der Waals surface area contributed by atoms with Crippen LogP contribution in [-0.4, -0.2) is 34.3 Å². The van der Waals surface area contributed by atoms with Crippen LogP contribution in [-0.2, 0) is 0 Å². The lowest BCUT2D eigenvalue weighted by atomic mass is 10.2. The van der Waals surface area contributed by atoms with Crippen LogP contribution in [0.3, 0.4) is 0 Å². The first-order valence-corrected chi connectivity index (χ1v) is 8.09. The molecule has 0 amide bonds. The van der Waals surface area contributed by atoms with Gasteiger partial charge in [-0.25, -0.2) is 4.68 Å². The zero-order valence-electron chi connectivity index (χ0n) is 13.7. The van der Waals surface area contributed by atoms with Crippen LogP contribution in [0.5, 0.6) is 11.5 Å². The number of ether oxygens (including phenoxy) is 2. The van der Waals surface area contributed by atoms with E-state index < -0.39 is 0 Å². The molecule has 7 heteroatoms. The molecule has 0 aliphatic carbocycles. The average Bonchev–Trinajstić information content (AvgIpc) is 3.13. The highest BCUT2D eigenvalue weighted by atomic mass is 35.5. The van der Waals surface area contributed by atoms with E-state index in [-0.39, 0.29) is 0 Å². The van der Waals surface area contributed by atoms with Crippen molar-refractivity contribution in [3.05, 3.63) is 71.3 Å². The zero-order valence-corrected chi connectivity index (χ0v) is 14.4. The van der Waals surface area contributed by atoms with Crippen molar-refractivity contribution in [2.24, 2.45) is 5.10 Å². The fourth-order valence-electron chi connectivity index (χ4n) is 2.08. The molecule has 3 rings (SSSR count). The third-order valence-corrected chi connectivity index (χ3v) is 3.57. The standard InChI is InChI=1S/C18H17ClN4O2/c1-14-2-5-17(6-3-14)24-8-9-25-18-7-4-16(19)10-15(18)11-22-23-12-20-21-13-23/h2-7,10-13H,8-9H2,1H3. The first kappa shape index (κ1) is 17.0. The van der Waals surface area contributed by atoms with Gasteiger partial charge in [0.05, 0.1) is 6.21 Å². The number of aromatic nitrogens is 3. The van der Waals surface area contributed by atoms with Crippen LogP contribution in [0.25, 0.3) is 0 Å². The smallest absolute Gasteiger partial charge is 0.141 e. The Morgan fingerprint density at radius 1 is 1.04 bits per heavy atom. The first-order chi connectivity index (χ1) is 12.2. The van der Waals surface area contributed by atoms with E-state index in [1.54, 1.807) is 18.3 Å². The number of rotatable bonds is 7. The van der Waals surface area contributed by atoms with E-state index in [9.17, 15) is 0 Å². The van der Waals surface area contributed by atoms with Gasteiger partial charge < -0.3 is 9.47 Å². The lowest BCUT2D eigenvalue weighted by Crippen LogP contribution is -2.10. The summed E-state index contributed by atoms with van der Waals surface area (Å²) in [6, 6.07) is 13.3. The highest BCUT2D eigenvalue weighted by molar-refractivity contribution is 6.30. The van der Waals surface area contributed by atoms with Gasteiger partial charge in [0, 0.05) is 10.6 Å². The molecule has 0 saturated heterocycles. The number of hydrogen-bond donors (Lipinski definition) is 0. The molecule has 2 aromatic carbocycles. The topological polar surface area (TPSA) is 61.5 Å². The number of benzene rings is 2. The van der Waals surface area contributed by atoms with Crippen molar-refractivity contribution in [1.29, 1.82) is 0 Å². The average molecular weight is 357 g/mol. The zero-order chi connectivity index (χ0) is 17.5.